The molecule has 1 N–H and O–H groups in total. The van der Waals surface area contributed by atoms with Crippen LogP contribution < -0.4 is 5.32 Å². The van der Waals surface area contributed by atoms with Crippen molar-refractivity contribution in [3.8, 4) is 6.07 Å². The van der Waals surface area contributed by atoms with Crippen LogP contribution in [-0.4, -0.2) is 31.1 Å². The lowest BCUT2D eigenvalue weighted by Crippen LogP contribution is -2.33. The second-order valence-corrected chi connectivity index (χ2v) is 6.18. The van der Waals surface area contributed by atoms with Crippen molar-refractivity contribution in [2.45, 2.75) is 19.9 Å². The Morgan fingerprint density at radius 1 is 1.47 bits per heavy atom. The monoisotopic (exact) mass is 315 g/mol. The fourth-order valence-electron chi connectivity index (χ4n) is 1.60. The quantitative estimate of drug-likeness (QED) is 0.840. The van der Waals surface area contributed by atoms with Crippen LogP contribution >= 0.6 is 27.3 Å². The van der Waals surface area contributed by atoms with Crippen molar-refractivity contribution >= 4 is 27.3 Å². The third-order valence-electron chi connectivity index (χ3n) is 2.68. The Hall–Kier alpha value is -0.410. The zero-order valence-corrected chi connectivity index (χ0v) is 12.6. The SMILES string of the molecule is CCN(CC)CCNC(C#N)c1ccc(Br)s1. The summed E-state index contributed by atoms with van der Waals surface area (Å²) in [6, 6.07) is 6.08. The van der Waals surface area contributed by atoms with E-state index in [4.69, 9.17) is 5.26 Å². The highest BCUT2D eigenvalue weighted by molar-refractivity contribution is 9.11. The molecule has 1 rings (SSSR count). The van der Waals surface area contributed by atoms with Gasteiger partial charge in [-0.1, -0.05) is 13.8 Å². The van der Waals surface area contributed by atoms with Crippen LogP contribution in [0.25, 0.3) is 0 Å². The molecule has 0 saturated carbocycles. The minimum absolute atomic E-state index is 0.193. The van der Waals surface area contributed by atoms with E-state index in [0.717, 1.165) is 34.8 Å². The van der Waals surface area contributed by atoms with Gasteiger partial charge < -0.3 is 4.90 Å². The third kappa shape index (κ3) is 4.76. The molecule has 0 saturated heterocycles. The molecule has 1 unspecified atom stereocenters. The lowest BCUT2D eigenvalue weighted by molar-refractivity contribution is 0.300. The highest BCUT2D eigenvalue weighted by Gasteiger charge is 2.12. The Morgan fingerprint density at radius 3 is 2.65 bits per heavy atom. The van der Waals surface area contributed by atoms with Crippen molar-refractivity contribution in [3.05, 3.63) is 20.8 Å². The summed E-state index contributed by atoms with van der Waals surface area (Å²) in [5, 5.41) is 12.4. The number of nitriles is 1. The highest BCUT2D eigenvalue weighted by atomic mass is 79.9. The molecule has 0 spiro atoms. The third-order valence-corrected chi connectivity index (χ3v) is 4.37. The molecule has 0 aliphatic rings. The predicted molar refractivity (Wildman–Crippen MR) is 76.2 cm³/mol. The molecule has 0 radical (unpaired) electrons. The molecule has 0 aromatic carbocycles. The molecule has 3 nitrogen and oxygen atoms in total. The van der Waals surface area contributed by atoms with Crippen molar-refractivity contribution in [3.63, 3.8) is 0 Å². The summed E-state index contributed by atoms with van der Waals surface area (Å²) in [6.45, 7) is 8.25. The maximum Gasteiger partial charge on any atom is 0.130 e. The zero-order chi connectivity index (χ0) is 12.7. The summed E-state index contributed by atoms with van der Waals surface area (Å²) in [4.78, 5) is 3.41. The van der Waals surface area contributed by atoms with Crippen molar-refractivity contribution in [2.75, 3.05) is 26.2 Å². The number of nitrogens with zero attached hydrogens (tertiary/aromatic N) is 2. The van der Waals surface area contributed by atoms with E-state index in [1.54, 1.807) is 11.3 Å². The van der Waals surface area contributed by atoms with Gasteiger partial charge in [0.05, 0.1) is 9.86 Å². The topological polar surface area (TPSA) is 39.1 Å². The maximum atomic E-state index is 9.13. The molecule has 17 heavy (non-hydrogen) atoms. The second-order valence-electron chi connectivity index (χ2n) is 3.68. The highest BCUT2D eigenvalue weighted by Crippen LogP contribution is 2.26. The molecule has 1 heterocycles. The number of hydrogen-bond donors (Lipinski definition) is 1. The van der Waals surface area contributed by atoms with Gasteiger partial charge >= 0.3 is 0 Å². The number of rotatable bonds is 7. The van der Waals surface area contributed by atoms with Gasteiger partial charge in [0, 0.05) is 18.0 Å². The Labute approximate surface area is 116 Å². The first-order chi connectivity index (χ1) is 8.21. The van der Waals surface area contributed by atoms with E-state index >= 15 is 0 Å². The number of halogens is 1. The minimum Gasteiger partial charge on any atom is -0.303 e. The molecule has 0 fully saturated rings. The molecule has 94 valence electrons. The van der Waals surface area contributed by atoms with Crippen LogP contribution in [0.2, 0.25) is 0 Å². The fraction of sp³-hybridized carbons (Fsp3) is 0.583. The molecule has 5 heteroatoms. The minimum atomic E-state index is -0.193. The smallest absolute Gasteiger partial charge is 0.130 e. The normalized spacial score (nSPS) is 12.6. The molecular formula is C12H18BrN3S. The van der Waals surface area contributed by atoms with E-state index < -0.39 is 0 Å². The van der Waals surface area contributed by atoms with Gasteiger partial charge in [0.15, 0.2) is 0 Å². The molecule has 0 aliphatic heterocycles. The van der Waals surface area contributed by atoms with Gasteiger partial charge in [0.1, 0.15) is 6.04 Å². The number of hydrogen-bond acceptors (Lipinski definition) is 4. The summed E-state index contributed by atoms with van der Waals surface area (Å²) in [6.07, 6.45) is 0. The molecule has 1 atom stereocenters. The molecule has 0 aliphatic carbocycles. The summed E-state index contributed by atoms with van der Waals surface area (Å²) >= 11 is 5.03. The number of nitrogens with one attached hydrogen (secondary N) is 1. The van der Waals surface area contributed by atoms with Crippen molar-refractivity contribution in [2.24, 2.45) is 0 Å². The van der Waals surface area contributed by atoms with Crippen LogP contribution in [0.1, 0.15) is 24.8 Å². The maximum absolute atomic E-state index is 9.13. The van der Waals surface area contributed by atoms with Crippen LogP contribution in [0.4, 0.5) is 0 Å². The van der Waals surface area contributed by atoms with E-state index in [1.807, 2.05) is 12.1 Å². The lowest BCUT2D eigenvalue weighted by atomic mass is 10.2. The summed E-state index contributed by atoms with van der Waals surface area (Å²) in [5.74, 6) is 0. The van der Waals surface area contributed by atoms with Crippen molar-refractivity contribution < 1.29 is 0 Å². The van der Waals surface area contributed by atoms with E-state index in [-0.39, 0.29) is 6.04 Å². The van der Waals surface area contributed by atoms with E-state index in [9.17, 15) is 0 Å². The second kappa shape index (κ2) is 7.83. The molecule has 0 amide bonds. The number of likely N-dealkylation sites (N-methyl/N-ethyl adjacent to an activating group) is 1. The Morgan fingerprint density at radius 2 is 2.18 bits per heavy atom. The van der Waals surface area contributed by atoms with Crippen LogP contribution in [0.3, 0.4) is 0 Å². The van der Waals surface area contributed by atoms with Gasteiger partial charge in [-0.25, -0.2) is 0 Å². The zero-order valence-electron chi connectivity index (χ0n) is 10.2. The van der Waals surface area contributed by atoms with Gasteiger partial charge in [-0.3, -0.25) is 5.32 Å². The summed E-state index contributed by atoms with van der Waals surface area (Å²) in [5.41, 5.74) is 0. The van der Waals surface area contributed by atoms with Crippen molar-refractivity contribution in [1.29, 1.82) is 5.26 Å². The first-order valence-corrected chi connectivity index (χ1v) is 7.42. The summed E-state index contributed by atoms with van der Waals surface area (Å²) in [7, 11) is 0. The molecule has 1 aromatic rings. The molecule has 1 aromatic heterocycles. The lowest BCUT2D eigenvalue weighted by Gasteiger charge is -2.19. The molecule has 0 bridgehead atoms. The van der Waals surface area contributed by atoms with Crippen LogP contribution in [0.5, 0.6) is 0 Å². The standard InChI is InChI=1S/C12H18BrN3S/c1-3-16(4-2)8-7-15-10(9-14)11-5-6-12(13)17-11/h5-6,10,15H,3-4,7-8H2,1-2H3. The van der Waals surface area contributed by atoms with E-state index in [2.05, 4.69) is 46.1 Å². The van der Waals surface area contributed by atoms with Gasteiger partial charge in [-0.2, -0.15) is 5.26 Å². The van der Waals surface area contributed by atoms with Crippen molar-refractivity contribution in [1.82, 2.24) is 10.2 Å². The number of thiophene rings is 1. The van der Waals surface area contributed by atoms with Gasteiger partial charge in [-0.05, 0) is 41.2 Å². The Bertz CT molecular complexity index is 368. The van der Waals surface area contributed by atoms with Crippen LogP contribution in [-0.2, 0) is 0 Å². The van der Waals surface area contributed by atoms with E-state index in [1.165, 1.54) is 0 Å². The first-order valence-electron chi connectivity index (χ1n) is 5.81. The largest absolute Gasteiger partial charge is 0.303 e. The van der Waals surface area contributed by atoms with Gasteiger partial charge in [0.2, 0.25) is 0 Å². The average Bonchev–Trinajstić information content (AvgIpc) is 2.76. The fourth-order valence-corrected chi connectivity index (χ4v) is 3.04. The molecular weight excluding hydrogens is 298 g/mol. The van der Waals surface area contributed by atoms with Gasteiger partial charge in [0.25, 0.3) is 0 Å². The summed E-state index contributed by atoms with van der Waals surface area (Å²) < 4.78 is 1.07. The average molecular weight is 316 g/mol. The van der Waals surface area contributed by atoms with Gasteiger partial charge in [-0.15, -0.1) is 11.3 Å². The van der Waals surface area contributed by atoms with Crippen LogP contribution in [0, 0.1) is 11.3 Å². The first kappa shape index (κ1) is 14.7. The predicted octanol–water partition coefficient (Wildman–Crippen LogP) is 3.01. The Balaban J connectivity index is 2.41. The van der Waals surface area contributed by atoms with Crippen LogP contribution in [0.15, 0.2) is 15.9 Å². The Kier molecular flexibility index (Phi) is 6.75. The van der Waals surface area contributed by atoms with E-state index in [0.29, 0.717) is 0 Å².